The van der Waals surface area contributed by atoms with Gasteiger partial charge in [-0.1, -0.05) is 29.3 Å². The van der Waals surface area contributed by atoms with Crippen molar-refractivity contribution < 1.29 is 24.2 Å². The predicted octanol–water partition coefficient (Wildman–Crippen LogP) is 4.26. The Morgan fingerprint density at radius 3 is 2.47 bits per heavy atom. The van der Waals surface area contributed by atoms with Crippen LogP contribution in [0.25, 0.3) is 0 Å². The van der Waals surface area contributed by atoms with Crippen molar-refractivity contribution in [3.05, 3.63) is 57.6 Å². The zero-order valence-corrected chi connectivity index (χ0v) is 18.9. The molecule has 0 spiro atoms. The first kappa shape index (κ1) is 23.7. The van der Waals surface area contributed by atoms with Gasteiger partial charge in [-0.25, -0.2) is 4.79 Å². The minimum Gasteiger partial charge on any atom is -0.495 e. The lowest BCUT2D eigenvalue weighted by atomic mass is 9.97. The van der Waals surface area contributed by atoms with Gasteiger partial charge in [-0.2, -0.15) is 0 Å². The van der Waals surface area contributed by atoms with Gasteiger partial charge in [-0.05, 0) is 48.7 Å². The molecule has 0 saturated carbocycles. The summed E-state index contributed by atoms with van der Waals surface area (Å²) in [5.74, 6) is -1.17. The van der Waals surface area contributed by atoms with Crippen LogP contribution in [0.15, 0.2) is 36.4 Å². The molecule has 0 aromatic heterocycles. The van der Waals surface area contributed by atoms with E-state index < -0.39 is 23.8 Å². The zero-order valence-electron chi connectivity index (χ0n) is 17.4. The normalized spacial score (nSPS) is 14.0. The van der Waals surface area contributed by atoms with E-state index in [4.69, 9.17) is 33.0 Å². The number of urea groups is 1. The van der Waals surface area contributed by atoms with Gasteiger partial charge in [0.05, 0.1) is 29.3 Å². The average Bonchev–Trinajstić information content (AvgIpc) is 2.78. The highest BCUT2D eigenvalue weighted by Gasteiger charge is 2.27. The molecular formula is C22H23Cl2N3O5. The van der Waals surface area contributed by atoms with E-state index in [0.29, 0.717) is 47.4 Å². The van der Waals surface area contributed by atoms with E-state index in [0.717, 1.165) is 5.56 Å². The van der Waals surface area contributed by atoms with E-state index in [2.05, 4.69) is 10.6 Å². The van der Waals surface area contributed by atoms with Crippen molar-refractivity contribution in [2.24, 2.45) is 5.92 Å². The first-order valence-corrected chi connectivity index (χ1v) is 10.7. The molecule has 2 aromatic carbocycles. The molecule has 0 atom stereocenters. The highest BCUT2D eigenvalue weighted by Crippen LogP contribution is 2.26. The molecule has 0 radical (unpaired) electrons. The van der Waals surface area contributed by atoms with Gasteiger partial charge in [0.2, 0.25) is 0 Å². The molecule has 0 unspecified atom stereocenters. The number of benzene rings is 2. The quantitative estimate of drug-likeness (QED) is 0.573. The highest BCUT2D eigenvalue weighted by molar-refractivity contribution is 6.32. The van der Waals surface area contributed by atoms with Crippen molar-refractivity contribution in [3.8, 4) is 5.75 Å². The first-order chi connectivity index (χ1) is 15.3. The van der Waals surface area contributed by atoms with E-state index in [-0.39, 0.29) is 12.1 Å². The lowest BCUT2D eigenvalue weighted by Crippen LogP contribution is -2.42. The van der Waals surface area contributed by atoms with Gasteiger partial charge in [-0.3, -0.25) is 9.59 Å². The third kappa shape index (κ3) is 5.83. The number of hydrogen-bond acceptors (Lipinski definition) is 4. The zero-order chi connectivity index (χ0) is 23.3. The maximum Gasteiger partial charge on any atom is 0.321 e. The number of rotatable bonds is 6. The number of carbonyl (C=O) groups excluding carboxylic acids is 2. The molecule has 32 heavy (non-hydrogen) atoms. The van der Waals surface area contributed by atoms with Crippen LogP contribution in [-0.2, 0) is 11.3 Å². The molecule has 3 N–H and O–H groups in total. The van der Waals surface area contributed by atoms with Crippen molar-refractivity contribution in [2.45, 2.75) is 19.4 Å². The molecule has 1 fully saturated rings. The highest BCUT2D eigenvalue weighted by atomic mass is 35.5. The number of carboxylic acid groups (broad SMARTS) is 1. The molecule has 170 valence electrons. The van der Waals surface area contributed by atoms with Gasteiger partial charge in [0.15, 0.2) is 0 Å². The Labute approximate surface area is 195 Å². The number of amides is 3. The van der Waals surface area contributed by atoms with Gasteiger partial charge in [0, 0.05) is 24.7 Å². The minimum atomic E-state index is -0.847. The molecule has 1 saturated heterocycles. The fourth-order valence-electron chi connectivity index (χ4n) is 3.43. The van der Waals surface area contributed by atoms with Crippen LogP contribution in [0.3, 0.4) is 0 Å². The number of hydrogen-bond donors (Lipinski definition) is 3. The van der Waals surface area contributed by atoms with Crippen molar-refractivity contribution in [3.63, 3.8) is 0 Å². The molecule has 10 heteroatoms. The summed E-state index contributed by atoms with van der Waals surface area (Å²) in [6.07, 6.45) is 0.780. The van der Waals surface area contributed by atoms with Crippen molar-refractivity contribution in [2.75, 3.05) is 25.5 Å². The van der Waals surface area contributed by atoms with Crippen LogP contribution in [0.5, 0.6) is 5.75 Å². The molecule has 0 aliphatic carbocycles. The average molecular weight is 480 g/mol. The molecular weight excluding hydrogens is 457 g/mol. The van der Waals surface area contributed by atoms with Crippen molar-refractivity contribution in [1.82, 2.24) is 10.2 Å². The third-order valence-electron chi connectivity index (χ3n) is 5.27. The summed E-state index contributed by atoms with van der Waals surface area (Å²) in [7, 11) is 1.52. The van der Waals surface area contributed by atoms with Gasteiger partial charge >= 0.3 is 12.0 Å². The maximum atomic E-state index is 12.8. The smallest absolute Gasteiger partial charge is 0.321 e. The van der Waals surface area contributed by atoms with Crippen LogP contribution >= 0.6 is 23.2 Å². The molecule has 2 aromatic rings. The topological polar surface area (TPSA) is 108 Å². The van der Waals surface area contributed by atoms with Crippen LogP contribution < -0.4 is 15.4 Å². The summed E-state index contributed by atoms with van der Waals surface area (Å²) < 4.78 is 5.12. The van der Waals surface area contributed by atoms with E-state index in [1.807, 2.05) is 0 Å². The monoisotopic (exact) mass is 479 g/mol. The summed E-state index contributed by atoms with van der Waals surface area (Å²) in [4.78, 5) is 38.1. The summed E-state index contributed by atoms with van der Waals surface area (Å²) in [6, 6.07) is 9.41. The fourth-order valence-corrected chi connectivity index (χ4v) is 3.89. The van der Waals surface area contributed by atoms with E-state index in [9.17, 15) is 14.4 Å². The molecule has 1 aliphatic heterocycles. The molecule has 3 rings (SSSR count). The molecule has 1 aliphatic rings. The lowest BCUT2D eigenvalue weighted by molar-refractivity contribution is -0.143. The van der Waals surface area contributed by atoms with Gasteiger partial charge in [0.25, 0.3) is 5.91 Å². The van der Waals surface area contributed by atoms with E-state index in [1.165, 1.54) is 18.1 Å². The second-order valence-electron chi connectivity index (χ2n) is 7.37. The van der Waals surface area contributed by atoms with E-state index >= 15 is 0 Å². The third-order valence-corrected chi connectivity index (χ3v) is 5.80. The second kappa shape index (κ2) is 10.6. The van der Waals surface area contributed by atoms with Gasteiger partial charge < -0.3 is 25.4 Å². The number of nitrogens with zero attached hydrogens (tertiary/aromatic N) is 1. The lowest BCUT2D eigenvalue weighted by Gasteiger charge is -2.30. The Kier molecular flexibility index (Phi) is 7.82. The summed E-state index contributed by atoms with van der Waals surface area (Å²) in [6.45, 7) is 0.872. The van der Waals surface area contributed by atoms with Crippen LogP contribution in [0, 0.1) is 5.92 Å². The number of nitrogens with one attached hydrogen (secondary N) is 2. The molecule has 1 heterocycles. The summed E-state index contributed by atoms with van der Waals surface area (Å²) in [5, 5.41) is 15.4. The Morgan fingerprint density at radius 2 is 1.84 bits per heavy atom. The largest absolute Gasteiger partial charge is 0.495 e. The SMILES string of the molecule is COc1ccc(CNC(=O)c2cc(Cl)ccc2NC(=O)N2CCC(C(=O)O)CC2)cc1Cl. The number of ether oxygens (including phenoxy) is 1. The molecule has 0 bridgehead atoms. The standard InChI is InChI=1S/C22H23Cl2N3O5/c1-32-19-5-2-13(10-17(19)24)12-25-20(28)16-11-15(23)3-4-18(16)26-22(31)27-8-6-14(7-9-27)21(29)30/h2-5,10-11,14H,6-9,12H2,1H3,(H,25,28)(H,26,31)(H,29,30). The number of carbonyl (C=O) groups is 3. The van der Waals surface area contributed by atoms with Crippen LogP contribution in [0.2, 0.25) is 10.0 Å². The van der Waals surface area contributed by atoms with Crippen LogP contribution in [0.1, 0.15) is 28.8 Å². The Morgan fingerprint density at radius 1 is 1.12 bits per heavy atom. The second-order valence-corrected chi connectivity index (χ2v) is 8.21. The van der Waals surface area contributed by atoms with Gasteiger partial charge in [-0.15, -0.1) is 0 Å². The van der Waals surface area contributed by atoms with Crippen LogP contribution in [0.4, 0.5) is 10.5 Å². The number of carboxylic acids is 1. The predicted molar refractivity (Wildman–Crippen MR) is 122 cm³/mol. The summed E-state index contributed by atoms with van der Waals surface area (Å²) >= 11 is 12.2. The molecule has 8 nitrogen and oxygen atoms in total. The van der Waals surface area contributed by atoms with Crippen LogP contribution in [-0.4, -0.2) is 48.1 Å². The van der Waals surface area contributed by atoms with Crippen molar-refractivity contribution >= 4 is 46.8 Å². The molecule has 3 amide bonds. The van der Waals surface area contributed by atoms with Gasteiger partial charge in [0.1, 0.15) is 5.75 Å². The first-order valence-electron chi connectivity index (χ1n) is 9.97. The number of aliphatic carboxylic acids is 1. The fraction of sp³-hybridized carbons (Fsp3) is 0.318. The van der Waals surface area contributed by atoms with E-state index in [1.54, 1.807) is 30.3 Å². The number of likely N-dealkylation sites (tertiary alicyclic amines) is 1. The number of halogens is 2. The number of methoxy groups -OCH3 is 1. The Bertz CT molecular complexity index is 1020. The Balaban J connectivity index is 1.66. The number of piperidine rings is 1. The summed E-state index contributed by atoms with van der Waals surface area (Å²) in [5.41, 5.74) is 1.30. The maximum absolute atomic E-state index is 12.8. The van der Waals surface area contributed by atoms with Crippen molar-refractivity contribution in [1.29, 1.82) is 0 Å². The Hall–Kier alpha value is -2.97. The minimum absolute atomic E-state index is 0.213. The number of anilines is 1.